The van der Waals surface area contributed by atoms with Crippen LogP contribution in [0.3, 0.4) is 0 Å². The fourth-order valence-electron chi connectivity index (χ4n) is 2.23. The summed E-state index contributed by atoms with van der Waals surface area (Å²) in [5.41, 5.74) is 0.937. The Morgan fingerprint density at radius 3 is 2.31 bits per heavy atom. The average Bonchev–Trinajstić information content (AvgIpc) is 3.04. The summed E-state index contributed by atoms with van der Waals surface area (Å²) in [5, 5.41) is 15.6. The monoisotopic (exact) mass is 357 g/mol. The molecule has 0 amide bonds. The minimum atomic E-state index is -1.29. The number of carboxylic acids is 1. The van der Waals surface area contributed by atoms with Gasteiger partial charge in [0.25, 0.3) is 5.79 Å². The summed E-state index contributed by atoms with van der Waals surface area (Å²) in [7, 11) is 0. The maximum atomic E-state index is 11.8. The number of anilines is 1. The van der Waals surface area contributed by atoms with E-state index in [1.807, 2.05) is 0 Å². The summed E-state index contributed by atoms with van der Waals surface area (Å²) in [6.45, 7) is 2.94. The van der Waals surface area contributed by atoms with Crippen molar-refractivity contribution in [1.82, 2.24) is 9.78 Å². The highest BCUT2D eigenvalue weighted by Gasteiger charge is 2.38. The van der Waals surface area contributed by atoms with E-state index in [0.29, 0.717) is 11.4 Å². The van der Waals surface area contributed by atoms with E-state index in [1.165, 1.54) is 37.0 Å². The minimum absolute atomic E-state index is 0.0609. The van der Waals surface area contributed by atoms with Crippen LogP contribution in [0.4, 0.5) is 5.69 Å². The van der Waals surface area contributed by atoms with Crippen LogP contribution in [-0.2, 0) is 19.1 Å². The number of rotatable bonds is 4. The van der Waals surface area contributed by atoms with Gasteiger partial charge in [-0.1, -0.05) is 0 Å². The summed E-state index contributed by atoms with van der Waals surface area (Å²) in [4.78, 5) is 34.6. The maximum Gasteiger partial charge on any atom is 0.356 e. The molecule has 2 heterocycles. The molecule has 1 aromatic heterocycles. The highest BCUT2D eigenvalue weighted by atomic mass is 16.7. The Morgan fingerprint density at radius 1 is 1.15 bits per heavy atom. The minimum Gasteiger partial charge on any atom is -0.476 e. The molecule has 0 bridgehead atoms. The summed E-state index contributed by atoms with van der Waals surface area (Å²) in [6.07, 6.45) is 2.75. The van der Waals surface area contributed by atoms with Gasteiger partial charge in [-0.05, 0) is 30.3 Å². The molecule has 0 unspecified atom stereocenters. The van der Waals surface area contributed by atoms with Crippen molar-refractivity contribution in [1.29, 1.82) is 0 Å². The first-order chi connectivity index (χ1) is 12.2. The number of benzene rings is 1. The first kappa shape index (κ1) is 17.2. The van der Waals surface area contributed by atoms with Crippen LogP contribution in [0, 0.1) is 0 Å². The van der Waals surface area contributed by atoms with E-state index >= 15 is 0 Å². The third kappa shape index (κ3) is 3.56. The van der Waals surface area contributed by atoms with E-state index in [0.717, 1.165) is 0 Å². The summed E-state index contributed by atoms with van der Waals surface area (Å²) in [5.74, 6) is -3.93. The zero-order valence-corrected chi connectivity index (χ0v) is 13.9. The van der Waals surface area contributed by atoms with E-state index in [2.05, 4.69) is 10.4 Å². The predicted octanol–water partition coefficient (Wildman–Crippen LogP) is 1.70. The largest absolute Gasteiger partial charge is 0.476 e. The Bertz CT molecular complexity index is 889. The molecule has 0 radical (unpaired) electrons. The predicted molar refractivity (Wildman–Crippen MR) is 88.5 cm³/mol. The number of esters is 2. The van der Waals surface area contributed by atoms with Crippen LogP contribution in [0.2, 0.25) is 0 Å². The summed E-state index contributed by atoms with van der Waals surface area (Å²) >= 11 is 0. The molecule has 1 saturated heterocycles. The Labute approximate surface area is 147 Å². The molecular formula is C17H15N3O6. The molecule has 1 fully saturated rings. The number of ether oxygens (including phenoxy) is 2. The molecule has 1 aromatic carbocycles. The van der Waals surface area contributed by atoms with Crippen molar-refractivity contribution in [3.63, 3.8) is 0 Å². The number of nitrogens with one attached hydrogen (secondary N) is 1. The summed E-state index contributed by atoms with van der Waals surface area (Å²) in [6, 6.07) is 8.14. The van der Waals surface area contributed by atoms with E-state index in [4.69, 9.17) is 14.6 Å². The number of hydrogen-bond acceptors (Lipinski definition) is 7. The Balaban J connectivity index is 1.72. The van der Waals surface area contributed by atoms with Gasteiger partial charge < -0.3 is 19.9 Å². The standard InChI is InChI=1S/C17H15N3O6/c1-17(2)25-15(23)12(16(24)26-17)9-18-10-3-5-11(6-4-10)20-8-7-13(19-20)14(21)22/h3-9,18H,1-2H3,(H,21,22). The molecule has 1 aliphatic heterocycles. The van der Waals surface area contributed by atoms with Crippen molar-refractivity contribution in [3.8, 4) is 5.69 Å². The fourth-order valence-corrected chi connectivity index (χ4v) is 2.23. The number of aromatic nitrogens is 2. The number of carboxylic acid groups (broad SMARTS) is 1. The number of carbonyl (C=O) groups excluding carboxylic acids is 2. The van der Waals surface area contributed by atoms with Crippen molar-refractivity contribution in [2.45, 2.75) is 19.6 Å². The smallest absolute Gasteiger partial charge is 0.356 e. The number of aromatic carboxylic acids is 1. The van der Waals surface area contributed by atoms with Crippen LogP contribution in [-0.4, -0.2) is 38.6 Å². The topological polar surface area (TPSA) is 120 Å². The van der Waals surface area contributed by atoms with E-state index in [1.54, 1.807) is 24.3 Å². The second kappa shape index (κ2) is 6.36. The number of carbonyl (C=O) groups is 3. The lowest BCUT2D eigenvalue weighted by Gasteiger charge is -2.29. The Morgan fingerprint density at radius 2 is 1.77 bits per heavy atom. The summed E-state index contributed by atoms with van der Waals surface area (Å²) < 4.78 is 11.4. The molecule has 3 rings (SSSR count). The molecule has 0 aliphatic carbocycles. The number of cyclic esters (lactones) is 2. The number of hydrogen-bond donors (Lipinski definition) is 2. The second-order valence-electron chi connectivity index (χ2n) is 5.88. The second-order valence-corrected chi connectivity index (χ2v) is 5.88. The first-order valence-electron chi connectivity index (χ1n) is 7.58. The third-order valence-corrected chi connectivity index (χ3v) is 3.44. The zero-order valence-electron chi connectivity index (χ0n) is 13.9. The van der Waals surface area contributed by atoms with Crippen molar-refractivity contribution in [2.75, 3.05) is 5.32 Å². The molecule has 0 atom stereocenters. The van der Waals surface area contributed by atoms with E-state index in [-0.39, 0.29) is 11.3 Å². The van der Waals surface area contributed by atoms with Crippen LogP contribution in [0.25, 0.3) is 5.69 Å². The quantitative estimate of drug-likeness (QED) is 0.482. The van der Waals surface area contributed by atoms with Gasteiger partial charge in [-0.3, -0.25) is 0 Å². The van der Waals surface area contributed by atoms with Gasteiger partial charge in [-0.2, -0.15) is 5.10 Å². The van der Waals surface area contributed by atoms with Gasteiger partial charge in [0.15, 0.2) is 11.3 Å². The average molecular weight is 357 g/mol. The van der Waals surface area contributed by atoms with Crippen LogP contribution in [0.1, 0.15) is 24.3 Å². The molecule has 2 aromatic rings. The van der Waals surface area contributed by atoms with Crippen molar-refractivity contribution in [2.24, 2.45) is 0 Å². The SMILES string of the molecule is CC1(C)OC(=O)C(=CNc2ccc(-n3ccc(C(=O)O)n3)cc2)C(=O)O1. The highest BCUT2D eigenvalue weighted by Crippen LogP contribution is 2.23. The zero-order chi connectivity index (χ0) is 18.9. The molecule has 9 nitrogen and oxygen atoms in total. The molecule has 26 heavy (non-hydrogen) atoms. The highest BCUT2D eigenvalue weighted by molar-refractivity contribution is 6.15. The van der Waals surface area contributed by atoms with Gasteiger partial charge in [-0.25, -0.2) is 19.1 Å². The van der Waals surface area contributed by atoms with E-state index < -0.39 is 23.7 Å². The van der Waals surface area contributed by atoms with E-state index in [9.17, 15) is 14.4 Å². The molecule has 2 N–H and O–H groups in total. The van der Waals surface area contributed by atoms with Gasteiger partial charge >= 0.3 is 17.9 Å². The van der Waals surface area contributed by atoms with Gasteiger partial charge in [0.1, 0.15) is 0 Å². The molecule has 134 valence electrons. The lowest BCUT2D eigenvalue weighted by molar-refractivity contribution is -0.222. The van der Waals surface area contributed by atoms with Crippen molar-refractivity contribution < 1.29 is 29.0 Å². The molecule has 0 spiro atoms. The third-order valence-electron chi connectivity index (χ3n) is 3.44. The van der Waals surface area contributed by atoms with Gasteiger partial charge in [-0.15, -0.1) is 0 Å². The van der Waals surface area contributed by atoms with Crippen molar-refractivity contribution >= 4 is 23.6 Å². The Hall–Kier alpha value is -3.62. The van der Waals surface area contributed by atoms with Crippen LogP contribution in [0.15, 0.2) is 48.3 Å². The van der Waals surface area contributed by atoms with Gasteiger partial charge in [0, 0.05) is 31.9 Å². The molecule has 1 aliphatic rings. The number of nitrogens with zero attached hydrogens (tertiary/aromatic N) is 2. The maximum absolute atomic E-state index is 11.8. The Kier molecular flexibility index (Phi) is 4.21. The van der Waals surface area contributed by atoms with Crippen LogP contribution in [0.5, 0.6) is 0 Å². The lowest BCUT2D eigenvalue weighted by atomic mass is 10.2. The van der Waals surface area contributed by atoms with Gasteiger partial charge in [0.2, 0.25) is 0 Å². The van der Waals surface area contributed by atoms with Gasteiger partial charge in [0.05, 0.1) is 5.69 Å². The van der Waals surface area contributed by atoms with Crippen LogP contribution >= 0.6 is 0 Å². The fraction of sp³-hybridized carbons (Fsp3) is 0.176. The lowest BCUT2D eigenvalue weighted by Crippen LogP contribution is -2.42. The molecule has 9 heteroatoms. The van der Waals surface area contributed by atoms with Crippen molar-refractivity contribution in [3.05, 3.63) is 54.0 Å². The molecular weight excluding hydrogens is 342 g/mol. The van der Waals surface area contributed by atoms with Crippen LogP contribution < -0.4 is 5.32 Å². The first-order valence-corrected chi connectivity index (χ1v) is 7.58. The normalized spacial score (nSPS) is 15.8. The molecule has 0 saturated carbocycles.